The molecule has 0 spiro atoms. The maximum absolute atomic E-state index is 11.6. The molecule has 4 aromatic rings. The summed E-state index contributed by atoms with van der Waals surface area (Å²) in [5.74, 6) is 7.87. The van der Waals surface area contributed by atoms with E-state index in [0.29, 0.717) is 11.6 Å². The van der Waals surface area contributed by atoms with E-state index in [1.807, 2.05) is 62.4 Å². The van der Waals surface area contributed by atoms with Gasteiger partial charge in [0.25, 0.3) is 0 Å². The summed E-state index contributed by atoms with van der Waals surface area (Å²) >= 11 is 0. The SMILES string of the molecule is Cc1ccc(Oc2ccc(Nc3ncnc4ccc(C#CCNC(=O)[C@@H](C)N)cc34)cc2C)cn1. The average Bonchev–Trinajstić information content (AvgIpc) is 2.85. The molecule has 4 rings (SSSR count). The third-order valence-electron chi connectivity index (χ3n) is 5.18. The number of benzene rings is 2. The minimum Gasteiger partial charge on any atom is -0.455 e. The number of nitrogens with one attached hydrogen (secondary N) is 2. The van der Waals surface area contributed by atoms with E-state index in [0.717, 1.165) is 39.2 Å². The van der Waals surface area contributed by atoms with E-state index < -0.39 is 6.04 Å². The number of aromatic nitrogens is 3. The van der Waals surface area contributed by atoms with Crippen molar-refractivity contribution in [2.75, 3.05) is 11.9 Å². The zero-order valence-corrected chi connectivity index (χ0v) is 19.8. The lowest BCUT2D eigenvalue weighted by Gasteiger charge is -2.12. The number of amides is 1. The quantitative estimate of drug-likeness (QED) is 0.368. The fourth-order valence-electron chi connectivity index (χ4n) is 3.29. The Morgan fingerprint density at radius 2 is 1.94 bits per heavy atom. The molecule has 8 nitrogen and oxygen atoms in total. The summed E-state index contributed by atoms with van der Waals surface area (Å²) in [4.78, 5) is 24.6. The fraction of sp³-hybridized carbons (Fsp3) is 0.185. The predicted molar refractivity (Wildman–Crippen MR) is 137 cm³/mol. The van der Waals surface area contributed by atoms with Crippen LogP contribution in [-0.4, -0.2) is 33.4 Å². The summed E-state index contributed by atoms with van der Waals surface area (Å²) in [6.07, 6.45) is 3.23. The third kappa shape index (κ3) is 6.10. The van der Waals surface area contributed by atoms with Crippen molar-refractivity contribution in [2.24, 2.45) is 5.73 Å². The fourth-order valence-corrected chi connectivity index (χ4v) is 3.29. The largest absolute Gasteiger partial charge is 0.455 e. The van der Waals surface area contributed by atoms with E-state index in [1.54, 1.807) is 13.1 Å². The molecule has 0 saturated carbocycles. The highest BCUT2D eigenvalue weighted by molar-refractivity contribution is 5.91. The van der Waals surface area contributed by atoms with Gasteiger partial charge >= 0.3 is 0 Å². The van der Waals surface area contributed by atoms with E-state index in [9.17, 15) is 4.79 Å². The molecule has 2 aromatic heterocycles. The first-order valence-corrected chi connectivity index (χ1v) is 11.1. The van der Waals surface area contributed by atoms with Crippen molar-refractivity contribution in [1.82, 2.24) is 20.3 Å². The van der Waals surface area contributed by atoms with Gasteiger partial charge in [0.1, 0.15) is 23.6 Å². The van der Waals surface area contributed by atoms with Gasteiger partial charge in [-0.2, -0.15) is 0 Å². The van der Waals surface area contributed by atoms with E-state index in [1.165, 1.54) is 6.33 Å². The van der Waals surface area contributed by atoms with Crippen molar-refractivity contribution in [3.8, 4) is 23.3 Å². The Balaban J connectivity index is 1.51. The standard InChI is InChI=1S/C27H26N6O2/c1-17-13-21(8-11-25(17)35-22-9-6-18(2)30-15-22)33-26-23-14-20(7-10-24(23)31-16-32-26)5-4-12-29-27(34)19(3)28/h6-11,13-16,19H,12,28H2,1-3H3,(H,29,34)(H,31,32,33)/t19-/m1/s1. The highest BCUT2D eigenvalue weighted by Crippen LogP contribution is 2.29. The zero-order valence-electron chi connectivity index (χ0n) is 19.8. The molecule has 0 saturated heterocycles. The summed E-state index contributed by atoms with van der Waals surface area (Å²) < 4.78 is 5.97. The summed E-state index contributed by atoms with van der Waals surface area (Å²) in [7, 11) is 0. The molecule has 0 aliphatic carbocycles. The Kier molecular flexibility index (Phi) is 7.19. The number of carbonyl (C=O) groups excluding carboxylic acids is 1. The van der Waals surface area contributed by atoms with Gasteiger partial charge in [-0.3, -0.25) is 9.78 Å². The van der Waals surface area contributed by atoms with Gasteiger partial charge in [0.15, 0.2) is 0 Å². The van der Waals surface area contributed by atoms with Gasteiger partial charge in [-0.25, -0.2) is 9.97 Å². The Morgan fingerprint density at radius 3 is 2.69 bits per heavy atom. The van der Waals surface area contributed by atoms with Gasteiger partial charge < -0.3 is 21.1 Å². The van der Waals surface area contributed by atoms with Crippen molar-refractivity contribution in [2.45, 2.75) is 26.8 Å². The number of aryl methyl sites for hydroxylation is 2. The second kappa shape index (κ2) is 10.6. The highest BCUT2D eigenvalue weighted by Gasteiger charge is 2.08. The van der Waals surface area contributed by atoms with Crippen LogP contribution in [-0.2, 0) is 4.79 Å². The third-order valence-corrected chi connectivity index (χ3v) is 5.18. The Morgan fingerprint density at radius 1 is 1.09 bits per heavy atom. The molecule has 4 N–H and O–H groups in total. The van der Waals surface area contributed by atoms with Crippen molar-refractivity contribution < 1.29 is 9.53 Å². The van der Waals surface area contributed by atoms with Crippen molar-refractivity contribution >= 4 is 28.3 Å². The molecule has 1 amide bonds. The molecular formula is C27H26N6O2. The van der Waals surface area contributed by atoms with Crippen LogP contribution in [0.25, 0.3) is 10.9 Å². The minimum atomic E-state index is -0.563. The predicted octanol–water partition coefficient (Wildman–Crippen LogP) is 3.99. The van der Waals surface area contributed by atoms with Gasteiger partial charge in [-0.05, 0) is 74.9 Å². The summed E-state index contributed by atoms with van der Waals surface area (Å²) in [5, 5.41) is 6.88. The van der Waals surface area contributed by atoms with Crippen LogP contribution in [0.5, 0.6) is 11.5 Å². The first kappa shape index (κ1) is 23.7. The van der Waals surface area contributed by atoms with Gasteiger partial charge in [0.05, 0.1) is 24.3 Å². The van der Waals surface area contributed by atoms with Gasteiger partial charge in [-0.1, -0.05) is 11.8 Å². The van der Waals surface area contributed by atoms with Gasteiger partial charge in [-0.15, -0.1) is 0 Å². The molecule has 176 valence electrons. The van der Waals surface area contributed by atoms with Crippen molar-refractivity contribution in [3.63, 3.8) is 0 Å². The Bertz CT molecular complexity index is 1420. The van der Waals surface area contributed by atoms with E-state index in [2.05, 4.69) is 37.4 Å². The number of pyridine rings is 1. The number of carbonyl (C=O) groups is 1. The minimum absolute atomic E-state index is 0.223. The number of anilines is 2. The smallest absolute Gasteiger partial charge is 0.237 e. The van der Waals surface area contributed by atoms with Crippen LogP contribution in [0, 0.1) is 25.7 Å². The molecule has 35 heavy (non-hydrogen) atoms. The van der Waals surface area contributed by atoms with Crippen LogP contribution in [0.15, 0.2) is 61.1 Å². The zero-order chi connectivity index (χ0) is 24.8. The van der Waals surface area contributed by atoms with Crippen LogP contribution >= 0.6 is 0 Å². The summed E-state index contributed by atoms with van der Waals surface area (Å²) in [5.41, 5.74) is 9.89. The van der Waals surface area contributed by atoms with Crippen LogP contribution in [0.3, 0.4) is 0 Å². The van der Waals surface area contributed by atoms with Gasteiger partial charge in [0, 0.05) is 22.3 Å². The van der Waals surface area contributed by atoms with E-state index in [-0.39, 0.29) is 12.5 Å². The molecule has 0 aliphatic heterocycles. The number of ether oxygens (including phenoxy) is 1. The van der Waals surface area contributed by atoms with E-state index >= 15 is 0 Å². The van der Waals surface area contributed by atoms with Crippen molar-refractivity contribution in [3.05, 3.63) is 77.9 Å². The number of fused-ring (bicyclic) bond motifs is 1. The first-order valence-electron chi connectivity index (χ1n) is 11.1. The van der Waals surface area contributed by atoms with Gasteiger partial charge in [0.2, 0.25) is 5.91 Å². The molecule has 2 aromatic carbocycles. The maximum Gasteiger partial charge on any atom is 0.237 e. The van der Waals surface area contributed by atoms with Crippen LogP contribution in [0.1, 0.15) is 23.7 Å². The lowest BCUT2D eigenvalue weighted by atomic mass is 10.1. The molecule has 8 heteroatoms. The molecule has 0 unspecified atom stereocenters. The molecule has 0 bridgehead atoms. The second-order valence-electron chi connectivity index (χ2n) is 8.11. The normalized spacial score (nSPS) is 11.3. The number of hydrogen-bond acceptors (Lipinski definition) is 7. The Hall–Kier alpha value is -4.48. The maximum atomic E-state index is 11.6. The number of nitrogens with zero attached hydrogens (tertiary/aromatic N) is 3. The van der Waals surface area contributed by atoms with Crippen molar-refractivity contribution in [1.29, 1.82) is 0 Å². The molecule has 0 radical (unpaired) electrons. The molecule has 2 heterocycles. The first-order chi connectivity index (χ1) is 16.9. The second-order valence-corrected chi connectivity index (χ2v) is 8.11. The van der Waals surface area contributed by atoms with Crippen LogP contribution < -0.4 is 21.1 Å². The average molecular weight is 467 g/mol. The number of hydrogen-bond donors (Lipinski definition) is 3. The molecule has 1 atom stereocenters. The van der Waals surface area contributed by atoms with Crippen LogP contribution in [0.4, 0.5) is 11.5 Å². The lowest BCUT2D eigenvalue weighted by molar-refractivity contribution is -0.121. The molecule has 0 aliphatic rings. The molecule has 0 fully saturated rings. The van der Waals surface area contributed by atoms with Crippen LogP contribution in [0.2, 0.25) is 0 Å². The number of rotatable bonds is 6. The molecular weight excluding hydrogens is 440 g/mol. The topological polar surface area (TPSA) is 115 Å². The summed E-state index contributed by atoms with van der Waals surface area (Å²) in [6, 6.07) is 14.8. The lowest BCUT2D eigenvalue weighted by Crippen LogP contribution is -2.38. The summed E-state index contributed by atoms with van der Waals surface area (Å²) in [6.45, 7) is 5.77. The van der Waals surface area contributed by atoms with E-state index in [4.69, 9.17) is 10.5 Å². The Labute approximate surface area is 204 Å². The monoisotopic (exact) mass is 466 g/mol. The number of nitrogens with two attached hydrogens (primary N) is 1. The highest BCUT2D eigenvalue weighted by atomic mass is 16.5.